The van der Waals surface area contributed by atoms with E-state index in [1.54, 1.807) is 6.08 Å². The van der Waals surface area contributed by atoms with E-state index in [1.807, 2.05) is 0 Å². The van der Waals surface area contributed by atoms with Crippen molar-refractivity contribution < 1.29 is 8.78 Å². The fourth-order valence-corrected chi connectivity index (χ4v) is 0.355. The average Bonchev–Trinajstić information content (AvgIpc) is 1.80. The summed E-state index contributed by atoms with van der Waals surface area (Å²) >= 11 is 0. The smallest absolute Gasteiger partial charge is 0.173 e. The summed E-state index contributed by atoms with van der Waals surface area (Å²) < 4.78 is 22.5. The van der Waals surface area contributed by atoms with Crippen molar-refractivity contribution in [1.29, 1.82) is 0 Å². The molecule has 0 unspecified atom stereocenters. The molecule has 0 saturated carbocycles. The van der Waals surface area contributed by atoms with Gasteiger partial charge in [-0.25, -0.2) is 0 Å². The second-order valence-corrected chi connectivity index (χ2v) is 1.53. The fraction of sp³-hybridized carbons (Fsp3) is 0.286. The highest BCUT2D eigenvalue weighted by molar-refractivity contribution is 5.02. The van der Waals surface area contributed by atoms with Crippen LogP contribution in [0.4, 0.5) is 8.78 Å². The van der Waals surface area contributed by atoms with Gasteiger partial charge in [-0.1, -0.05) is 19.1 Å². The third kappa shape index (κ3) is 7.34. The summed E-state index contributed by atoms with van der Waals surface area (Å²) in [5.74, 6) is 0. The van der Waals surface area contributed by atoms with E-state index in [0.29, 0.717) is 0 Å². The van der Waals surface area contributed by atoms with Crippen LogP contribution >= 0.6 is 0 Å². The van der Waals surface area contributed by atoms with Gasteiger partial charge in [0.1, 0.15) is 0 Å². The van der Waals surface area contributed by atoms with Gasteiger partial charge in [0, 0.05) is 6.08 Å². The lowest BCUT2D eigenvalue weighted by Gasteiger charge is -1.78. The lowest BCUT2D eigenvalue weighted by molar-refractivity contribution is 0.422. The molecule has 0 aliphatic carbocycles. The maximum atomic E-state index is 11.3. The van der Waals surface area contributed by atoms with Crippen molar-refractivity contribution in [2.75, 3.05) is 0 Å². The van der Waals surface area contributed by atoms with E-state index in [-0.39, 0.29) is 0 Å². The van der Waals surface area contributed by atoms with Gasteiger partial charge < -0.3 is 0 Å². The molecule has 0 heterocycles. The van der Waals surface area contributed by atoms with Crippen LogP contribution in [0, 0.1) is 6.92 Å². The van der Waals surface area contributed by atoms with Gasteiger partial charge in [0.2, 0.25) is 0 Å². The highest BCUT2D eigenvalue weighted by atomic mass is 19.3. The van der Waals surface area contributed by atoms with Crippen LogP contribution in [0.3, 0.4) is 0 Å². The minimum absolute atomic E-state index is 0.748. The zero-order valence-electron chi connectivity index (χ0n) is 5.11. The zero-order valence-corrected chi connectivity index (χ0v) is 5.11. The summed E-state index contributed by atoms with van der Waals surface area (Å²) in [6, 6.07) is 0. The van der Waals surface area contributed by atoms with E-state index in [1.165, 1.54) is 6.08 Å². The van der Waals surface area contributed by atoms with Crippen LogP contribution in [0.1, 0.15) is 12.8 Å². The number of hydrogen-bond donors (Lipinski definition) is 0. The normalized spacial score (nSPS) is 10.1. The predicted molar refractivity (Wildman–Crippen MR) is 34.0 cm³/mol. The summed E-state index contributed by atoms with van der Waals surface area (Å²) in [6.45, 7) is 3.54. The van der Waals surface area contributed by atoms with Gasteiger partial charge in [0.25, 0.3) is 6.08 Å². The topological polar surface area (TPSA) is 0 Å². The third-order valence-electron chi connectivity index (χ3n) is 0.729. The van der Waals surface area contributed by atoms with Crippen LogP contribution in [0.2, 0.25) is 0 Å². The fourth-order valence-electron chi connectivity index (χ4n) is 0.355. The van der Waals surface area contributed by atoms with Gasteiger partial charge in [0.15, 0.2) is 0 Å². The zero-order chi connectivity index (χ0) is 7.11. The minimum Gasteiger partial charge on any atom is -0.173 e. The first-order chi connectivity index (χ1) is 4.27. The van der Waals surface area contributed by atoms with Crippen molar-refractivity contribution in [3.63, 3.8) is 0 Å². The van der Waals surface area contributed by atoms with Gasteiger partial charge in [-0.2, -0.15) is 8.78 Å². The van der Waals surface area contributed by atoms with Crippen molar-refractivity contribution in [2.24, 2.45) is 0 Å². The molecule has 0 aliphatic rings. The molecule has 0 amide bonds. The first kappa shape index (κ1) is 8.34. The Morgan fingerprint density at radius 2 is 2.11 bits per heavy atom. The van der Waals surface area contributed by atoms with E-state index in [9.17, 15) is 8.78 Å². The van der Waals surface area contributed by atoms with Gasteiger partial charge in [-0.15, -0.1) is 0 Å². The molecule has 9 heavy (non-hydrogen) atoms. The molecule has 2 heteroatoms. The summed E-state index contributed by atoms with van der Waals surface area (Å²) in [7, 11) is 0. The maximum Gasteiger partial charge on any atom is 0.270 e. The van der Waals surface area contributed by atoms with Gasteiger partial charge in [-0.3, -0.25) is 0 Å². The van der Waals surface area contributed by atoms with Gasteiger partial charge >= 0.3 is 0 Å². The van der Waals surface area contributed by atoms with Crippen molar-refractivity contribution in [3.05, 3.63) is 31.2 Å². The van der Waals surface area contributed by atoms with E-state index >= 15 is 0 Å². The Kier molecular flexibility index (Phi) is 5.07. The van der Waals surface area contributed by atoms with Crippen molar-refractivity contribution in [1.82, 2.24) is 0 Å². The molecular weight excluding hydrogens is 122 g/mol. The number of hydrogen-bond acceptors (Lipinski definition) is 0. The molecular formula is C7H9F2. The third-order valence-corrected chi connectivity index (χ3v) is 0.729. The first-order valence-corrected chi connectivity index (χ1v) is 2.74. The Balaban J connectivity index is 3.35. The molecule has 0 N–H and O–H groups in total. The van der Waals surface area contributed by atoms with Crippen molar-refractivity contribution >= 4 is 0 Å². The monoisotopic (exact) mass is 131 g/mol. The number of rotatable bonds is 3. The molecule has 0 atom stereocenters. The van der Waals surface area contributed by atoms with E-state index < -0.39 is 6.08 Å². The quantitative estimate of drug-likeness (QED) is 0.516. The summed E-state index contributed by atoms with van der Waals surface area (Å²) in [5, 5.41) is 0. The molecule has 0 saturated heterocycles. The predicted octanol–water partition coefficient (Wildman–Crippen LogP) is 2.94. The molecule has 51 valence electrons. The van der Waals surface area contributed by atoms with Crippen LogP contribution in [-0.4, -0.2) is 0 Å². The lowest BCUT2D eigenvalue weighted by Crippen LogP contribution is -1.60. The van der Waals surface area contributed by atoms with Crippen LogP contribution in [0.15, 0.2) is 24.3 Å². The Hall–Kier alpha value is -0.660. The molecule has 0 rings (SSSR count). The molecule has 0 spiro atoms. The second-order valence-electron chi connectivity index (χ2n) is 1.53. The molecule has 0 bridgehead atoms. The summed E-state index contributed by atoms with van der Waals surface area (Å²) in [5.41, 5.74) is 0. The molecule has 0 fully saturated rings. The Morgan fingerprint density at radius 1 is 1.44 bits per heavy atom. The minimum atomic E-state index is -1.66. The number of allylic oxidation sites excluding steroid dienone is 3. The Bertz CT molecular complexity index is 110. The summed E-state index contributed by atoms with van der Waals surface area (Å²) in [6.07, 6.45) is 3.61. The molecule has 0 aromatic rings. The van der Waals surface area contributed by atoms with Crippen LogP contribution in [-0.2, 0) is 0 Å². The highest BCUT2D eigenvalue weighted by Crippen LogP contribution is 1.97. The van der Waals surface area contributed by atoms with E-state index in [4.69, 9.17) is 0 Å². The highest BCUT2D eigenvalue weighted by Gasteiger charge is 1.79. The van der Waals surface area contributed by atoms with Crippen molar-refractivity contribution in [3.8, 4) is 0 Å². The molecule has 0 aromatic heterocycles. The van der Waals surface area contributed by atoms with E-state index in [0.717, 1.165) is 18.9 Å². The van der Waals surface area contributed by atoms with Gasteiger partial charge in [0.05, 0.1) is 0 Å². The Labute approximate surface area is 53.9 Å². The average molecular weight is 131 g/mol. The molecule has 0 nitrogen and oxygen atoms in total. The molecule has 0 aliphatic heterocycles. The van der Waals surface area contributed by atoms with Gasteiger partial charge in [-0.05, 0) is 12.8 Å². The standard InChI is InChI=1S/C7H9F2/c1-2-3-4-5-6-7(8)9/h4-6H,1-3H2. The van der Waals surface area contributed by atoms with Crippen LogP contribution < -0.4 is 0 Å². The van der Waals surface area contributed by atoms with Crippen LogP contribution in [0.25, 0.3) is 0 Å². The molecule has 1 radical (unpaired) electrons. The second kappa shape index (κ2) is 5.48. The Morgan fingerprint density at radius 3 is 2.56 bits per heavy atom. The first-order valence-electron chi connectivity index (χ1n) is 2.74. The largest absolute Gasteiger partial charge is 0.270 e. The van der Waals surface area contributed by atoms with Crippen LogP contribution in [0.5, 0.6) is 0 Å². The number of unbranched alkanes of at least 4 members (excludes halogenated alkanes) is 1. The SMILES string of the molecule is [CH2]CCC=CC=C(F)F. The lowest BCUT2D eigenvalue weighted by atomic mass is 10.3. The summed E-state index contributed by atoms with van der Waals surface area (Å²) in [4.78, 5) is 0. The number of halogens is 2. The molecule has 0 aromatic carbocycles. The van der Waals surface area contributed by atoms with E-state index in [2.05, 4.69) is 6.92 Å². The maximum absolute atomic E-state index is 11.3. The van der Waals surface area contributed by atoms with Crippen molar-refractivity contribution in [2.45, 2.75) is 12.8 Å².